The second-order valence-corrected chi connectivity index (χ2v) is 6.37. The first-order valence-corrected chi connectivity index (χ1v) is 9.05. The predicted octanol–water partition coefficient (Wildman–Crippen LogP) is 4.67. The van der Waals surface area contributed by atoms with Crippen molar-refractivity contribution >= 4 is 11.8 Å². The van der Waals surface area contributed by atoms with Crippen LogP contribution in [0.1, 0.15) is 69.5 Å². The van der Waals surface area contributed by atoms with Gasteiger partial charge in [-0.15, -0.1) is 6.58 Å². The third-order valence-electron chi connectivity index (χ3n) is 4.26. The fraction of sp³-hybridized carbons (Fsp3) is 0.684. The van der Waals surface area contributed by atoms with E-state index in [0.717, 1.165) is 24.2 Å². The molecule has 1 heterocycles. The summed E-state index contributed by atoms with van der Waals surface area (Å²) in [4.78, 5) is 11.0. The van der Waals surface area contributed by atoms with Gasteiger partial charge in [-0.25, -0.2) is 4.98 Å². The highest BCUT2D eigenvalue weighted by Gasteiger charge is 2.11. The molecule has 0 aliphatic carbocycles. The maximum atomic E-state index is 6.15. The summed E-state index contributed by atoms with van der Waals surface area (Å²) in [6, 6.07) is 0. The molecule has 1 aromatic rings. The first-order valence-electron chi connectivity index (χ1n) is 9.05. The average Bonchev–Trinajstić information content (AvgIpc) is 2.52. The van der Waals surface area contributed by atoms with Gasteiger partial charge in [0.2, 0.25) is 5.95 Å². The van der Waals surface area contributed by atoms with Crippen LogP contribution in [0.25, 0.3) is 0 Å². The smallest absolute Gasteiger partial charge is 0.227 e. The Morgan fingerprint density at radius 2 is 1.65 bits per heavy atom. The first-order chi connectivity index (χ1) is 11.1. The van der Waals surface area contributed by atoms with Crippen molar-refractivity contribution in [3.05, 3.63) is 23.9 Å². The Morgan fingerprint density at radius 1 is 1.04 bits per heavy atom. The van der Waals surface area contributed by atoms with Crippen molar-refractivity contribution in [3.8, 4) is 0 Å². The van der Waals surface area contributed by atoms with Crippen LogP contribution in [0.15, 0.2) is 12.7 Å². The molecular formula is C19H34N4. The molecule has 0 saturated heterocycles. The van der Waals surface area contributed by atoms with Crippen LogP contribution in [0.4, 0.5) is 11.8 Å². The number of anilines is 2. The molecule has 0 saturated carbocycles. The van der Waals surface area contributed by atoms with Gasteiger partial charge in [-0.2, -0.15) is 4.98 Å². The van der Waals surface area contributed by atoms with E-state index in [9.17, 15) is 0 Å². The lowest BCUT2D eigenvalue weighted by Crippen LogP contribution is -2.21. The van der Waals surface area contributed by atoms with E-state index in [1.807, 2.05) is 24.9 Å². The van der Waals surface area contributed by atoms with Crippen molar-refractivity contribution in [1.29, 1.82) is 0 Å². The van der Waals surface area contributed by atoms with E-state index >= 15 is 0 Å². The zero-order valence-electron chi connectivity index (χ0n) is 15.3. The van der Waals surface area contributed by atoms with Gasteiger partial charge in [0.25, 0.3) is 0 Å². The van der Waals surface area contributed by atoms with Gasteiger partial charge < -0.3 is 10.6 Å². The quantitative estimate of drug-likeness (QED) is 0.449. The van der Waals surface area contributed by atoms with Crippen molar-refractivity contribution in [1.82, 2.24) is 9.97 Å². The molecule has 4 heteroatoms. The summed E-state index contributed by atoms with van der Waals surface area (Å²) in [5.41, 5.74) is 8.27. The zero-order chi connectivity index (χ0) is 17.1. The highest BCUT2D eigenvalue weighted by molar-refractivity contribution is 5.47. The number of nitrogen functional groups attached to an aromatic ring is 1. The molecule has 0 amide bonds. The normalized spacial score (nSPS) is 10.7. The van der Waals surface area contributed by atoms with Gasteiger partial charge in [0.1, 0.15) is 5.82 Å². The lowest BCUT2D eigenvalue weighted by molar-refractivity contribution is 0.575. The molecule has 130 valence electrons. The van der Waals surface area contributed by atoms with Gasteiger partial charge >= 0.3 is 0 Å². The van der Waals surface area contributed by atoms with Gasteiger partial charge in [-0.3, -0.25) is 0 Å². The van der Waals surface area contributed by atoms with E-state index in [1.54, 1.807) is 0 Å². The number of rotatable bonds is 12. The number of nitrogens with zero attached hydrogens (tertiary/aromatic N) is 3. The molecule has 0 aliphatic heterocycles. The Bertz CT molecular complexity index is 447. The minimum absolute atomic E-state index is 0.631. The average molecular weight is 319 g/mol. The van der Waals surface area contributed by atoms with Crippen LogP contribution in [0.3, 0.4) is 0 Å². The van der Waals surface area contributed by atoms with Crippen LogP contribution in [0, 0.1) is 6.92 Å². The minimum atomic E-state index is 0.631. The molecule has 0 unspecified atom stereocenters. The van der Waals surface area contributed by atoms with E-state index < -0.39 is 0 Å². The monoisotopic (exact) mass is 318 g/mol. The largest absolute Gasteiger partial charge is 0.383 e. The SMILES string of the molecule is C=CCN(C)c1nc(C)c(CCCCCCCCCC)c(N)n1. The topological polar surface area (TPSA) is 55.0 Å². The molecule has 0 fully saturated rings. The number of aryl methyl sites for hydroxylation is 1. The Hall–Kier alpha value is -1.58. The van der Waals surface area contributed by atoms with Crippen molar-refractivity contribution < 1.29 is 0 Å². The number of unbranched alkanes of at least 4 members (excludes halogenated alkanes) is 7. The summed E-state index contributed by atoms with van der Waals surface area (Å²) in [5.74, 6) is 1.31. The van der Waals surface area contributed by atoms with Crippen LogP contribution in [-0.2, 0) is 6.42 Å². The van der Waals surface area contributed by atoms with Crippen molar-refractivity contribution in [3.63, 3.8) is 0 Å². The lowest BCUT2D eigenvalue weighted by Gasteiger charge is -2.17. The van der Waals surface area contributed by atoms with E-state index in [4.69, 9.17) is 5.73 Å². The molecular weight excluding hydrogens is 284 g/mol. The summed E-state index contributed by atoms with van der Waals surface area (Å²) < 4.78 is 0. The van der Waals surface area contributed by atoms with Crippen molar-refractivity contribution in [2.45, 2.75) is 71.6 Å². The number of likely N-dealkylation sites (N-methyl/N-ethyl adjacent to an activating group) is 1. The molecule has 0 aliphatic rings. The maximum Gasteiger partial charge on any atom is 0.227 e. The second kappa shape index (κ2) is 11.0. The fourth-order valence-corrected chi connectivity index (χ4v) is 2.79. The minimum Gasteiger partial charge on any atom is -0.383 e. The van der Waals surface area contributed by atoms with E-state index in [2.05, 4.69) is 23.5 Å². The molecule has 1 aromatic heterocycles. The molecule has 1 rings (SSSR count). The molecule has 0 atom stereocenters. The van der Waals surface area contributed by atoms with E-state index in [1.165, 1.54) is 51.4 Å². The van der Waals surface area contributed by atoms with E-state index in [-0.39, 0.29) is 0 Å². The summed E-state index contributed by atoms with van der Waals surface area (Å²) >= 11 is 0. The molecule has 4 nitrogen and oxygen atoms in total. The third-order valence-corrected chi connectivity index (χ3v) is 4.26. The van der Waals surface area contributed by atoms with Gasteiger partial charge in [-0.1, -0.05) is 57.9 Å². The van der Waals surface area contributed by atoms with E-state index in [0.29, 0.717) is 11.8 Å². The van der Waals surface area contributed by atoms with Gasteiger partial charge in [0.05, 0.1) is 0 Å². The standard InChI is InChI=1S/C19H34N4/c1-5-7-8-9-10-11-12-13-14-17-16(3)21-19(22-18(17)20)23(4)15-6-2/h6H,2,5,7-15H2,1,3-4H3,(H2,20,21,22). The summed E-state index contributed by atoms with van der Waals surface area (Å²) in [7, 11) is 1.95. The fourth-order valence-electron chi connectivity index (χ4n) is 2.79. The van der Waals surface area contributed by atoms with Crippen LogP contribution < -0.4 is 10.6 Å². The molecule has 0 bridgehead atoms. The molecule has 23 heavy (non-hydrogen) atoms. The van der Waals surface area contributed by atoms with Crippen molar-refractivity contribution in [2.75, 3.05) is 24.2 Å². The lowest BCUT2D eigenvalue weighted by atomic mass is 10.0. The maximum absolute atomic E-state index is 6.15. The highest BCUT2D eigenvalue weighted by Crippen LogP contribution is 2.20. The Kier molecular flexibility index (Phi) is 9.34. The Morgan fingerprint density at radius 3 is 2.22 bits per heavy atom. The summed E-state index contributed by atoms with van der Waals surface area (Å²) in [6.07, 6.45) is 13.4. The Balaban J connectivity index is 2.41. The summed E-state index contributed by atoms with van der Waals surface area (Å²) in [5, 5.41) is 0. The number of hydrogen-bond acceptors (Lipinski definition) is 4. The number of nitrogens with two attached hydrogens (primary N) is 1. The van der Waals surface area contributed by atoms with Crippen LogP contribution >= 0.6 is 0 Å². The second-order valence-electron chi connectivity index (χ2n) is 6.37. The number of hydrogen-bond donors (Lipinski definition) is 1. The van der Waals surface area contributed by atoms with Crippen LogP contribution in [-0.4, -0.2) is 23.6 Å². The first kappa shape index (κ1) is 19.5. The zero-order valence-corrected chi connectivity index (χ0v) is 15.3. The van der Waals surface area contributed by atoms with Gasteiger partial charge in [-0.05, 0) is 19.8 Å². The van der Waals surface area contributed by atoms with Crippen LogP contribution in [0.5, 0.6) is 0 Å². The predicted molar refractivity (Wildman–Crippen MR) is 101 cm³/mol. The van der Waals surface area contributed by atoms with Crippen LogP contribution in [0.2, 0.25) is 0 Å². The van der Waals surface area contributed by atoms with Crippen molar-refractivity contribution in [2.24, 2.45) is 0 Å². The molecule has 0 aromatic carbocycles. The Labute approximate surface area is 142 Å². The summed E-state index contributed by atoms with van der Waals surface area (Å²) in [6.45, 7) is 8.75. The van der Waals surface area contributed by atoms with Gasteiger partial charge in [0.15, 0.2) is 0 Å². The van der Waals surface area contributed by atoms with Gasteiger partial charge in [0, 0.05) is 24.8 Å². The third kappa shape index (κ3) is 7.02. The molecule has 2 N–H and O–H groups in total. The molecule has 0 spiro atoms. The molecule has 0 radical (unpaired) electrons. The number of aromatic nitrogens is 2. The highest BCUT2D eigenvalue weighted by atomic mass is 15.2.